The van der Waals surface area contributed by atoms with Crippen LogP contribution in [0.5, 0.6) is 0 Å². The highest BCUT2D eigenvalue weighted by Crippen LogP contribution is 2.12. The van der Waals surface area contributed by atoms with Gasteiger partial charge in [-0.05, 0) is 24.3 Å². The number of hydrogen-bond acceptors (Lipinski definition) is 0. The third-order valence-corrected chi connectivity index (χ3v) is 2.20. The SMILES string of the molecule is C=CC(CC)Cc1ccccc1. The van der Waals surface area contributed by atoms with Crippen molar-refractivity contribution in [3.63, 3.8) is 0 Å². The van der Waals surface area contributed by atoms with Gasteiger partial charge in [0.05, 0.1) is 0 Å². The molecule has 0 fully saturated rings. The molecule has 0 spiro atoms. The first-order valence-electron chi connectivity index (χ1n) is 4.53. The predicted octanol–water partition coefficient (Wildman–Crippen LogP) is 3.44. The maximum Gasteiger partial charge on any atom is -0.0198 e. The lowest BCUT2D eigenvalue weighted by atomic mass is 9.97. The lowest BCUT2D eigenvalue weighted by molar-refractivity contribution is 0.626. The fraction of sp³-hybridized carbons (Fsp3) is 0.333. The Balaban J connectivity index is 2.56. The van der Waals surface area contributed by atoms with Gasteiger partial charge in [0.15, 0.2) is 0 Å². The van der Waals surface area contributed by atoms with Crippen molar-refractivity contribution >= 4 is 0 Å². The molecule has 0 N–H and O–H groups in total. The predicted molar refractivity (Wildman–Crippen MR) is 54.1 cm³/mol. The molecule has 12 heavy (non-hydrogen) atoms. The van der Waals surface area contributed by atoms with E-state index in [1.807, 2.05) is 6.08 Å². The average Bonchev–Trinajstić information content (AvgIpc) is 2.16. The summed E-state index contributed by atoms with van der Waals surface area (Å²) in [5.41, 5.74) is 1.41. The van der Waals surface area contributed by atoms with E-state index >= 15 is 0 Å². The van der Waals surface area contributed by atoms with E-state index in [4.69, 9.17) is 0 Å². The maximum absolute atomic E-state index is 3.83. The van der Waals surface area contributed by atoms with E-state index in [1.165, 1.54) is 12.0 Å². The third-order valence-electron chi connectivity index (χ3n) is 2.20. The standard InChI is InChI=1S/C12H16/c1-3-11(4-2)10-12-8-6-5-7-9-12/h3,5-9,11H,1,4,10H2,2H3. The summed E-state index contributed by atoms with van der Waals surface area (Å²) in [5, 5.41) is 0. The molecule has 0 radical (unpaired) electrons. The van der Waals surface area contributed by atoms with Crippen molar-refractivity contribution in [2.24, 2.45) is 5.92 Å². The molecule has 0 heterocycles. The molecule has 0 saturated heterocycles. The average molecular weight is 160 g/mol. The van der Waals surface area contributed by atoms with Crippen molar-refractivity contribution in [3.05, 3.63) is 48.6 Å². The molecule has 1 aromatic carbocycles. The zero-order valence-corrected chi connectivity index (χ0v) is 7.66. The van der Waals surface area contributed by atoms with Crippen LogP contribution in [0.1, 0.15) is 18.9 Å². The van der Waals surface area contributed by atoms with Crippen molar-refractivity contribution < 1.29 is 0 Å². The van der Waals surface area contributed by atoms with Gasteiger partial charge in [-0.3, -0.25) is 0 Å². The Bertz CT molecular complexity index is 223. The summed E-state index contributed by atoms with van der Waals surface area (Å²) in [6.45, 7) is 6.03. The first-order chi connectivity index (χ1) is 5.86. The summed E-state index contributed by atoms with van der Waals surface area (Å²) in [7, 11) is 0. The van der Waals surface area contributed by atoms with Crippen molar-refractivity contribution in [2.45, 2.75) is 19.8 Å². The summed E-state index contributed by atoms with van der Waals surface area (Å²) in [4.78, 5) is 0. The lowest BCUT2D eigenvalue weighted by Crippen LogP contribution is -1.98. The number of benzene rings is 1. The molecule has 0 heteroatoms. The van der Waals surface area contributed by atoms with Crippen LogP contribution in [0.4, 0.5) is 0 Å². The molecule has 0 aromatic heterocycles. The Labute approximate surface area is 74.9 Å². The second kappa shape index (κ2) is 4.76. The Kier molecular flexibility index (Phi) is 3.59. The van der Waals surface area contributed by atoms with Crippen LogP contribution in [-0.2, 0) is 6.42 Å². The molecule has 64 valence electrons. The molecule has 1 unspecified atom stereocenters. The topological polar surface area (TPSA) is 0 Å². The van der Waals surface area contributed by atoms with Crippen LogP contribution < -0.4 is 0 Å². The Hall–Kier alpha value is -1.04. The van der Waals surface area contributed by atoms with Gasteiger partial charge in [0, 0.05) is 0 Å². The highest BCUT2D eigenvalue weighted by atomic mass is 14.1. The van der Waals surface area contributed by atoms with Gasteiger partial charge in [0.25, 0.3) is 0 Å². The zero-order valence-electron chi connectivity index (χ0n) is 7.66. The van der Waals surface area contributed by atoms with E-state index < -0.39 is 0 Å². The van der Waals surface area contributed by atoms with Gasteiger partial charge >= 0.3 is 0 Å². The van der Waals surface area contributed by atoms with Crippen LogP contribution in [0.3, 0.4) is 0 Å². The molecule has 0 bridgehead atoms. The van der Waals surface area contributed by atoms with Crippen LogP contribution in [0.25, 0.3) is 0 Å². The van der Waals surface area contributed by atoms with Gasteiger partial charge in [-0.2, -0.15) is 0 Å². The largest absolute Gasteiger partial charge is 0.103 e. The second-order valence-electron chi connectivity index (χ2n) is 3.09. The first-order valence-corrected chi connectivity index (χ1v) is 4.53. The molecule has 0 aliphatic carbocycles. The molecule has 0 saturated carbocycles. The van der Waals surface area contributed by atoms with Crippen molar-refractivity contribution in [3.8, 4) is 0 Å². The van der Waals surface area contributed by atoms with E-state index in [2.05, 4.69) is 43.8 Å². The number of hydrogen-bond donors (Lipinski definition) is 0. The molecular formula is C12H16. The minimum Gasteiger partial charge on any atom is -0.103 e. The van der Waals surface area contributed by atoms with Crippen molar-refractivity contribution in [1.29, 1.82) is 0 Å². The fourth-order valence-electron chi connectivity index (χ4n) is 1.31. The highest BCUT2D eigenvalue weighted by Gasteiger charge is 2.01. The molecule has 0 amide bonds. The summed E-state index contributed by atoms with van der Waals surface area (Å²) in [6.07, 6.45) is 4.35. The normalized spacial score (nSPS) is 12.4. The van der Waals surface area contributed by atoms with Gasteiger partial charge in [-0.1, -0.05) is 43.3 Å². The first kappa shape index (κ1) is 9.05. The quantitative estimate of drug-likeness (QED) is 0.592. The van der Waals surface area contributed by atoms with Gasteiger partial charge in [0.1, 0.15) is 0 Å². The molecule has 0 nitrogen and oxygen atoms in total. The van der Waals surface area contributed by atoms with Gasteiger partial charge < -0.3 is 0 Å². The number of rotatable bonds is 4. The van der Waals surface area contributed by atoms with Gasteiger partial charge in [-0.25, -0.2) is 0 Å². The Morgan fingerprint density at radius 2 is 2.00 bits per heavy atom. The van der Waals surface area contributed by atoms with E-state index in [1.54, 1.807) is 0 Å². The van der Waals surface area contributed by atoms with Crippen LogP contribution >= 0.6 is 0 Å². The molecule has 1 atom stereocenters. The van der Waals surface area contributed by atoms with Gasteiger partial charge in [-0.15, -0.1) is 6.58 Å². The Morgan fingerprint density at radius 3 is 2.50 bits per heavy atom. The molecular weight excluding hydrogens is 144 g/mol. The molecule has 1 rings (SSSR count). The van der Waals surface area contributed by atoms with E-state index in [9.17, 15) is 0 Å². The Morgan fingerprint density at radius 1 is 1.33 bits per heavy atom. The monoisotopic (exact) mass is 160 g/mol. The summed E-state index contributed by atoms with van der Waals surface area (Å²) < 4.78 is 0. The fourth-order valence-corrected chi connectivity index (χ4v) is 1.31. The summed E-state index contributed by atoms with van der Waals surface area (Å²) in [6, 6.07) is 10.6. The van der Waals surface area contributed by atoms with Crippen LogP contribution in [0, 0.1) is 5.92 Å². The van der Waals surface area contributed by atoms with E-state index in [-0.39, 0.29) is 0 Å². The molecule has 0 aliphatic heterocycles. The van der Waals surface area contributed by atoms with Crippen LogP contribution in [0.2, 0.25) is 0 Å². The minimum absolute atomic E-state index is 0.632. The van der Waals surface area contributed by atoms with Crippen LogP contribution in [0.15, 0.2) is 43.0 Å². The van der Waals surface area contributed by atoms with E-state index in [0.717, 1.165) is 6.42 Å². The summed E-state index contributed by atoms with van der Waals surface area (Å²) >= 11 is 0. The van der Waals surface area contributed by atoms with Crippen LogP contribution in [-0.4, -0.2) is 0 Å². The second-order valence-corrected chi connectivity index (χ2v) is 3.09. The smallest absolute Gasteiger partial charge is 0.0198 e. The zero-order chi connectivity index (χ0) is 8.81. The van der Waals surface area contributed by atoms with E-state index in [0.29, 0.717) is 5.92 Å². The number of allylic oxidation sites excluding steroid dienone is 1. The lowest BCUT2D eigenvalue weighted by Gasteiger charge is -2.08. The minimum atomic E-state index is 0.632. The molecule has 1 aromatic rings. The van der Waals surface area contributed by atoms with Crippen molar-refractivity contribution in [1.82, 2.24) is 0 Å². The highest BCUT2D eigenvalue weighted by molar-refractivity contribution is 5.15. The maximum atomic E-state index is 3.83. The summed E-state index contributed by atoms with van der Waals surface area (Å²) in [5.74, 6) is 0.632. The molecule has 0 aliphatic rings. The van der Waals surface area contributed by atoms with Gasteiger partial charge in [0.2, 0.25) is 0 Å². The third kappa shape index (κ3) is 2.54. The van der Waals surface area contributed by atoms with Crippen molar-refractivity contribution in [2.75, 3.05) is 0 Å².